The van der Waals surface area contributed by atoms with Crippen LogP contribution in [0.4, 0.5) is 5.69 Å². The van der Waals surface area contributed by atoms with Crippen LogP contribution in [-0.2, 0) is 14.8 Å². The van der Waals surface area contributed by atoms with Gasteiger partial charge in [-0.15, -0.1) is 0 Å². The first-order valence-electron chi connectivity index (χ1n) is 11.6. The molecule has 1 amide bonds. The zero-order chi connectivity index (χ0) is 23.2. The van der Waals surface area contributed by atoms with Gasteiger partial charge in [-0.25, -0.2) is 8.42 Å². The first-order chi connectivity index (χ1) is 15.1. The van der Waals surface area contributed by atoms with Gasteiger partial charge in [-0.3, -0.25) is 24.3 Å². The van der Waals surface area contributed by atoms with Gasteiger partial charge in [-0.1, -0.05) is 12.5 Å². The summed E-state index contributed by atoms with van der Waals surface area (Å²) in [4.78, 5) is 21.7. The van der Waals surface area contributed by atoms with Crippen LogP contribution in [0.25, 0.3) is 0 Å². The fourth-order valence-electron chi connectivity index (χ4n) is 4.12. The molecule has 0 radical (unpaired) electrons. The van der Waals surface area contributed by atoms with Gasteiger partial charge in [0.1, 0.15) is 5.84 Å². The monoisotopic (exact) mass is 463 g/mol. The predicted octanol–water partition coefficient (Wildman–Crippen LogP) is 2.68. The number of sulfonamides is 1. The Morgan fingerprint density at radius 2 is 1.88 bits per heavy atom. The van der Waals surface area contributed by atoms with Crippen molar-refractivity contribution in [1.82, 2.24) is 14.5 Å². The second-order valence-electron chi connectivity index (χ2n) is 9.61. The highest BCUT2D eigenvalue weighted by Gasteiger charge is 2.25. The van der Waals surface area contributed by atoms with E-state index < -0.39 is 10.0 Å². The fourth-order valence-corrected chi connectivity index (χ4v) is 5.25. The number of anilines is 1. The predicted molar refractivity (Wildman–Crippen MR) is 129 cm³/mol. The average Bonchev–Trinajstić information content (AvgIpc) is 3.10. The number of benzene rings is 1. The van der Waals surface area contributed by atoms with Gasteiger partial charge >= 0.3 is 0 Å². The van der Waals surface area contributed by atoms with E-state index in [-0.39, 0.29) is 16.3 Å². The highest BCUT2D eigenvalue weighted by Crippen LogP contribution is 2.18. The molecule has 178 valence electrons. The second-order valence-corrected chi connectivity index (χ2v) is 11.3. The van der Waals surface area contributed by atoms with Crippen molar-refractivity contribution in [3.63, 3.8) is 0 Å². The largest absolute Gasteiger partial charge is 0.325 e. The van der Waals surface area contributed by atoms with Crippen molar-refractivity contribution in [2.75, 3.05) is 44.6 Å². The number of hydrogen-bond acceptors (Lipinski definition) is 6. The zero-order valence-corrected chi connectivity index (χ0v) is 20.4. The number of carbonyl (C=O) groups is 1. The zero-order valence-electron chi connectivity index (χ0n) is 19.6. The Morgan fingerprint density at radius 3 is 2.66 bits per heavy atom. The summed E-state index contributed by atoms with van der Waals surface area (Å²) < 4.78 is 28.2. The number of carbonyl (C=O) groups excluding carboxylic acids is 1. The van der Waals surface area contributed by atoms with Gasteiger partial charge in [0.2, 0.25) is 5.91 Å². The number of amides is 1. The molecule has 32 heavy (non-hydrogen) atoms. The van der Waals surface area contributed by atoms with Crippen molar-refractivity contribution < 1.29 is 13.2 Å². The summed E-state index contributed by atoms with van der Waals surface area (Å²) in [5.74, 6) is 0.382. The summed E-state index contributed by atoms with van der Waals surface area (Å²) in [6.07, 6.45) is 4.63. The van der Waals surface area contributed by atoms with Crippen LogP contribution in [0.5, 0.6) is 0 Å². The fraction of sp³-hybridized carbons (Fsp3) is 0.652. The third kappa shape index (κ3) is 7.28. The van der Waals surface area contributed by atoms with E-state index in [1.165, 1.54) is 12.1 Å². The normalized spacial score (nSPS) is 19.5. The van der Waals surface area contributed by atoms with E-state index in [2.05, 4.69) is 45.6 Å². The number of rotatable bonds is 5. The third-order valence-electron chi connectivity index (χ3n) is 5.96. The van der Waals surface area contributed by atoms with Crippen LogP contribution in [0.3, 0.4) is 0 Å². The number of hydrogen-bond donors (Lipinski definition) is 2. The van der Waals surface area contributed by atoms with Crippen molar-refractivity contribution in [2.45, 2.75) is 63.3 Å². The minimum absolute atomic E-state index is 0.123. The lowest BCUT2D eigenvalue weighted by Gasteiger charge is -2.34. The van der Waals surface area contributed by atoms with Crippen molar-refractivity contribution in [2.24, 2.45) is 4.99 Å². The van der Waals surface area contributed by atoms with Gasteiger partial charge in [0.25, 0.3) is 10.0 Å². The van der Waals surface area contributed by atoms with E-state index in [1.807, 2.05) is 0 Å². The minimum Gasteiger partial charge on any atom is -0.325 e. The number of amidine groups is 1. The van der Waals surface area contributed by atoms with E-state index >= 15 is 0 Å². The molecule has 0 unspecified atom stereocenters. The summed E-state index contributed by atoms with van der Waals surface area (Å²) >= 11 is 0. The topological polar surface area (TPSA) is 94.1 Å². The van der Waals surface area contributed by atoms with Gasteiger partial charge < -0.3 is 5.32 Å². The first-order valence-corrected chi connectivity index (χ1v) is 13.1. The number of nitrogens with one attached hydrogen (secondary N) is 2. The molecule has 0 aromatic heterocycles. The van der Waals surface area contributed by atoms with Crippen LogP contribution in [0, 0.1) is 0 Å². The summed E-state index contributed by atoms with van der Waals surface area (Å²) in [7, 11) is -3.73. The average molecular weight is 464 g/mol. The van der Waals surface area contributed by atoms with E-state index in [4.69, 9.17) is 0 Å². The third-order valence-corrected chi connectivity index (χ3v) is 7.34. The minimum atomic E-state index is -3.73. The quantitative estimate of drug-likeness (QED) is 0.700. The van der Waals surface area contributed by atoms with Gasteiger partial charge in [0.15, 0.2) is 0 Å². The molecule has 3 rings (SSSR count). The Hall–Kier alpha value is -1.97. The highest BCUT2D eigenvalue weighted by molar-refractivity contribution is 7.90. The summed E-state index contributed by atoms with van der Waals surface area (Å²) in [5.41, 5.74) is 0.604. The smallest absolute Gasteiger partial charge is 0.262 e. The lowest BCUT2D eigenvalue weighted by Crippen LogP contribution is -2.44. The van der Waals surface area contributed by atoms with Crippen LogP contribution in [-0.4, -0.2) is 74.8 Å². The summed E-state index contributed by atoms with van der Waals surface area (Å²) in [6, 6.07) is 6.39. The molecule has 0 atom stereocenters. The molecule has 2 aliphatic heterocycles. The van der Waals surface area contributed by atoms with Crippen molar-refractivity contribution in [3.8, 4) is 0 Å². The molecule has 1 fully saturated rings. The Labute approximate surface area is 192 Å². The lowest BCUT2D eigenvalue weighted by molar-refractivity contribution is -0.117. The van der Waals surface area contributed by atoms with Gasteiger partial charge in [0, 0.05) is 37.3 Å². The first kappa shape index (κ1) is 24.7. The maximum atomic E-state index is 12.8. The Bertz CT molecular complexity index is 924. The molecule has 1 aromatic carbocycles. The molecule has 0 aliphatic carbocycles. The number of nitrogens with zero attached hydrogens (tertiary/aromatic N) is 3. The molecule has 0 spiro atoms. The number of aliphatic imine (C=N–C) groups is 1. The molecular formula is C23H37N5O3S. The summed E-state index contributed by atoms with van der Waals surface area (Å²) in [5, 5.41) is 2.86. The van der Waals surface area contributed by atoms with Crippen LogP contribution >= 0.6 is 0 Å². The van der Waals surface area contributed by atoms with E-state index in [0.717, 1.165) is 51.9 Å². The molecule has 2 heterocycles. The molecule has 1 aromatic rings. The van der Waals surface area contributed by atoms with Gasteiger partial charge in [0.05, 0.1) is 11.4 Å². The molecule has 8 nitrogen and oxygen atoms in total. The standard InChI is InChI=1S/C23H37N5O3S/c1-23(2,3)28-14-8-13-27(15-16-28)18-22(29)25-19-9-7-10-20(17-19)32(30,31)26-21-11-5-4-6-12-24-21/h7,9-10,17H,4-6,8,11-16,18H2,1-3H3,(H,24,26)(H,25,29). The van der Waals surface area contributed by atoms with Crippen molar-refractivity contribution in [1.29, 1.82) is 0 Å². The highest BCUT2D eigenvalue weighted by atomic mass is 32.2. The molecule has 0 bridgehead atoms. The van der Waals surface area contributed by atoms with E-state index in [0.29, 0.717) is 31.0 Å². The van der Waals surface area contributed by atoms with Gasteiger partial charge in [-0.2, -0.15) is 0 Å². The Kier molecular flexibility index (Phi) is 8.30. The van der Waals surface area contributed by atoms with Crippen LogP contribution in [0.2, 0.25) is 0 Å². The van der Waals surface area contributed by atoms with Crippen LogP contribution < -0.4 is 10.0 Å². The Balaban J connectivity index is 1.58. The molecule has 1 saturated heterocycles. The van der Waals surface area contributed by atoms with E-state index in [1.54, 1.807) is 12.1 Å². The summed E-state index contributed by atoms with van der Waals surface area (Å²) in [6.45, 7) is 11.3. The van der Waals surface area contributed by atoms with Crippen molar-refractivity contribution >= 4 is 27.5 Å². The molecular weight excluding hydrogens is 426 g/mol. The molecule has 0 saturated carbocycles. The molecule has 2 aliphatic rings. The van der Waals surface area contributed by atoms with Crippen molar-refractivity contribution in [3.05, 3.63) is 24.3 Å². The maximum absolute atomic E-state index is 12.8. The molecule has 2 N–H and O–H groups in total. The molecule has 9 heteroatoms. The Morgan fingerprint density at radius 1 is 1.06 bits per heavy atom. The van der Waals surface area contributed by atoms with E-state index in [9.17, 15) is 13.2 Å². The van der Waals surface area contributed by atoms with Gasteiger partial charge in [-0.05, 0) is 71.3 Å². The maximum Gasteiger partial charge on any atom is 0.262 e. The SMILES string of the molecule is CC(C)(C)N1CCCN(CC(=O)Nc2cccc(S(=O)(=O)NC3=NCCCCC3)c2)CC1. The van der Waals surface area contributed by atoms with Crippen LogP contribution in [0.15, 0.2) is 34.2 Å². The lowest BCUT2D eigenvalue weighted by atomic mass is 10.1. The van der Waals surface area contributed by atoms with Crippen LogP contribution in [0.1, 0.15) is 52.9 Å². The second kappa shape index (κ2) is 10.8.